The van der Waals surface area contributed by atoms with Gasteiger partial charge in [0.25, 0.3) is 0 Å². The van der Waals surface area contributed by atoms with Gasteiger partial charge in [-0.25, -0.2) is 0 Å². The van der Waals surface area contributed by atoms with Crippen LogP contribution in [0.2, 0.25) is 0 Å². The van der Waals surface area contributed by atoms with Crippen LogP contribution in [0, 0.1) is 0 Å². The van der Waals surface area contributed by atoms with E-state index in [1.54, 1.807) is 6.08 Å². The molecular formula is C18H26O4. The van der Waals surface area contributed by atoms with E-state index < -0.39 is 5.41 Å². The molecule has 0 aliphatic rings. The van der Waals surface area contributed by atoms with Gasteiger partial charge in [-0.05, 0) is 37.0 Å². The molecule has 0 radical (unpaired) electrons. The van der Waals surface area contributed by atoms with Crippen molar-refractivity contribution in [3.8, 4) is 5.75 Å². The van der Waals surface area contributed by atoms with Crippen LogP contribution in [0.5, 0.6) is 5.75 Å². The van der Waals surface area contributed by atoms with Crippen LogP contribution in [0.25, 0.3) is 0 Å². The molecule has 122 valence electrons. The number of ether oxygens (including phenoxy) is 2. The van der Waals surface area contributed by atoms with Crippen molar-refractivity contribution in [2.45, 2.75) is 38.0 Å². The Hall–Kier alpha value is -1.81. The van der Waals surface area contributed by atoms with E-state index in [-0.39, 0.29) is 19.0 Å². The van der Waals surface area contributed by atoms with E-state index in [1.807, 2.05) is 24.3 Å². The van der Waals surface area contributed by atoms with E-state index in [0.29, 0.717) is 13.0 Å². The Balaban J connectivity index is 3.15. The van der Waals surface area contributed by atoms with Crippen molar-refractivity contribution in [3.05, 3.63) is 42.5 Å². The standard InChI is InChI=1S/C18H26O4/c1-4-6-13-22-16-9-7-8-15(14-16)18(10-5-2,11-12-19)17(20)21-3/h5,7-9,14,19H,2,4,6,10-13H2,1,3H3. The topological polar surface area (TPSA) is 55.8 Å². The number of esters is 1. The molecule has 0 bridgehead atoms. The number of rotatable bonds is 10. The largest absolute Gasteiger partial charge is 0.494 e. The summed E-state index contributed by atoms with van der Waals surface area (Å²) in [7, 11) is 1.36. The van der Waals surface area contributed by atoms with Gasteiger partial charge in [-0.1, -0.05) is 31.6 Å². The Morgan fingerprint density at radius 3 is 2.82 bits per heavy atom. The van der Waals surface area contributed by atoms with Crippen LogP contribution in [0.1, 0.15) is 38.2 Å². The molecule has 4 nitrogen and oxygen atoms in total. The minimum atomic E-state index is -0.921. The van der Waals surface area contributed by atoms with Crippen molar-refractivity contribution in [2.75, 3.05) is 20.3 Å². The number of allylic oxidation sites excluding steroid dienone is 1. The maximum Gasteiger partial charge on any atom is 0.316 e. The Bertz CT molecular complexity index is 484. The molecule has 0 spiro atoms. The van der Waals surface area contributed by atoms with Gasteiger partial charge >= 0.3 is 5.97 Å². The second-order valence-electron chi connectivity index (χ2n) is 5.27. The molecule has 1 N–H and O–H groups in total. The number of unbranched alkanes of at least 4 members (excludes halogenated alkanes) is 1. The lowest BCUT2D eigenvalue weighted by molar-refractivity contribution is -0.148. The third kappa shape index (κ3) is 4.34. The van der Waals surface area contributed by atoms with Gasteiger partial charge in [-0.2, -0.15) is 0 Å². The number of hydrogen-bond acceptors (Lipinski definition) is 4. The summed E-state index contributed by atoms with van der Waals surface area (Å²) in [5, 5.41) is 9.40. The first kappa shape index (κ1) is 18.2. The zero-order chi connectivity index (χ0) is 16.4. The van der Waals surface area contributed by atoms with E-state index >= 15 is 0 Å². The van der Waals surface area contributed by atoms with E-state index in [4.69, 9.17) is 9.47 Å². The zero-order valence-corrected chi connectivity index (χ0v) is 13.5. The summed E-state index contributed by atoms with van der Waals surface area (Å²) in [6.45, 7) is 6.38. The minimum absolute atomic E-state index is 0.107. The maximum atomic E-state index is 12.4. The van der Waals surface area contributed by atoms with Crippen LogP contribution in [0.15, 0.2) is 36.9 Å². The van der Waals surface area contributed by atoms with Crippen LogP contribution >= 0.6 is 0 Å². The van der Waals surface area contributed by atoms with E-state index in [2.05, 4.69) is 13.5 Å². The lowest BCUT2D eigenvalue weighted by atomic mass is 9.75. The summed E-state index contributed by atoms with van der Waals surface area (Å²) in [5.41, 5.74) is -0.141. The quantitative estimate of drug-likeness (QED) is 0.409. The molecule has 0 heterocycles. The van der Waals surface area contributed by atoms with E-state index in [9.17, 15) is 9.90 Å². The normalized spacial score (nSPS) is 13.2. The molecule has 0 aliphatic carbocycles. The predicted octanol–water partition coefficient (Wildman–Crippen LogP) is 3.23. The smallest absolute Gasteiger partial charge is 0.316 e. The number of methoxy groups -OCH3 is 1. The third-order valence-corrected chi connectivity index (χ3v) is 3.76. The number of aliphatic hydroxyl groups excluding tert-OH is 1. The lowest BCUT2D eigenvalue weighted by Crippen LogP contribution is -2.37. The second kappa shape index (κ2) is 9.26. The van der Waals surface area contributed by atoms with Crippen molar-refractivity contribution in [2.24, 2.45) is 0 Å². The summed E-state index contributed by atoms with van der Waals surface area (Å²) in [6.07, 6.45) is 4.41. The Morgan fingerprint density at radius 2 is 2.23 bits per heavy atom. The molecule has 1 aromatic rings. The van der Waals surface area contributed by atoms with Crippen molar-refractivity contribution in [1.29, 1.82) is 0 Å². The fourth-order valence-corrected chi connectivity index (χ4v) is 2.52. The SMILES string of the molecule is C=CCC(CCO)(C(=O)OC)c1cccc(OCCCC)c1. The first-order valence-electron chi connectivity index (χ1n) is 7.68. The molecule has 1 atom stereocenters. The van der Waals surface area contributed by atoms with Crippen molar-refractivity contribution in [3.63, 3.8) is 0 Å². The highest BCUT2D eigenvalue weighted by atomic mass is 16.5. The summed E-state index contributed by atoms with van der Waals surface area (Å²) >= 11 is 0. The summed E-state index contributed by atoms with van der Waals surface area (Å²) in [4.78, 5) is 12.4. The van der Waals surface area contributed by atoms with Crippen LogP contribution < -0.4 is 4.74 Å². The Morgan fingerprint density at radius 1 is 1.45 bits per heavy atom. The molecular weight excluding hydrogens is 280 g/mol. The first-order chi connectivity index (χ1) is 10.6. The van der Waals surface area contributed by atoms with Gasteiger partial charge in [0.05, 0.1) is 19.1 Å². The van der Waals surface area contributed by atoms with Crippen LogP contribution in [-0.2, 0) is 14.9 Å². The molecule has 22 heavy (non-hydrogen) atoms. The molecule has 1 aromatic carbocycles. The van der Waals surface area contributed by atoms with Crippen molar-refractivity contribution in [1.82, 2.24) is 0 Å². The molecule has 0 aromatic heterocycles. The van der Waals surface area contributed by atoms with Crippen LogP contribution in [-0.4, -0.2) is 31.4 Å². The summed E-state index contributed by atoms with van der Waals surface area (Å²) in [5.74, 6) is 0.355. The molecule has 1 rings (SSSR count). The molecule has 4 heteroatoms. The monoisotopic (exact) mass is 306 g/mol. The Kier molecular flexibility index (Phi) is 7.67. The van der Waals surface area contributed by atoms with Gasteiger partial charge in [0.15, 0.2) is 0 Å². The van der Waals surface area contributed by atoms with E-state index in [0.717, 1.165) is 24.2 Å². The van der Waals surface area contributed by atoms with Crippen molar-refractivity contribution < 1.29 is 19.4 Å². The van der Waals surface area contributed by atoms with E-state index in [1.165, 1.54) is 7.11 Å². The fourth-order valence-electron chi connectivity index (χ4n) is 2.52. The van der Waals surface area contributed by atoms with Gasteiger partial charge in [-0.15, -0.1) is 6.58 Å². The number of hydrogen-bond donors (Lipinski definition) is 1. The zero-order valence-electron chi connectivity index (χ0n) is 13.5. The van der Waals surface area contributed by atoms with Gasteiger partial charge in [0.2, 0.25) is 0 Å². The van der Waals surface area contributed by atoms with Gasteiger partial charge in [0, 0.05) is 6.61 Å². The van der Waals surface area contributed by atoms with Crippen LogP contribution in [0.4, 0.5) is 0 Å². The maximum absolute atomic E-state index is 12.4. The fraction of sp³-hybridized carbons (Fsp3) is 0.500. The number of carbonyl (C=O) groups excluding carboxylic acids is 1. The molecule has 1 unspecified atom stereocenters. The highest BCUT2D eigenvalue weighted by molar-refractivity contribution is 5.83. The van der Waals surface area contributed by atoms with Crippen molar-refractivity contribution >= 4 is 5.97 Å². The van der Waals surface area contributed by atoms with Gasteiger partial charge < -0.3 is 14.6 Å². The van der Waals surface area contributed by atoms with Gasteiger partial charge in [0.1, 0.15) is 5.75 Å². The highest BCUT2D eigenvalue weighted by Crippen LogP contribution is 2.35. The second-order valence-corrected chi connectivity index (χ2v) is 5.27. The average Bonchev–Trinajstić information content (AvgIpc) is 2.54. The summed E-state index contributed by atoms with van der Waals surface area (Å²) in [6, 6.07) is 7.44. The molecule has 0 aliphatic heterocycles. The molecule has 0 saturated carbocycles. The minimum Gasteiger partial charge on any atom is -0.494 e. The Labute approximate surface area is 132 Å². The molecule has 0 fully saturated rings. The third-order valence-electron chi connectivity index (χ3n) is 3.76. The average molecular weight is 306 g/mol. The number of carbonyl (C=O) groups is 1. The molecule has 0 saturated heterocycles. The summed E-state index contributed by atoms with van der Waals surface area (Å²) < 4.78 is 10.7. The number of benzene rings is 1. The predicted molar refractivity (Wildman–Crippen MR) is 87.1 cm³/mol. The van der Waals surface area contributed by atoms with Crippen LogP contribution in [0.3, 0.4) is 0 Å². The van der Waals surface area contributed by atoms with Gasteiger partial charge in [-0.3, -0.25) is 4.79 Å². The highest BCUT2D eigenvalue weighted by Gasteiger charge is 2.40. The lowest BCUT2D eigenvalue weighted by Gasteiger charge is -2.30. The first-order valence-corrected chi connectivity index (χ1v) is 7.68. The number of aliphatic hydroxyl groups is 1. The molecule has 0 amide bonds.